The Morgan fingerprint density at radius 1 is 0.900 bits per heavy atom. The first kappa shape index (κ1) is 19.9. The topological polar surface area (TPSA) is 12.5 Å². The van der Waals surface area contributed by atoms with Crippen LogP contribution in [-0.2, 0) is 4.74 Å². The van der Waals surface area contributed by atoms with Gasteiger partial charge in [0.05, 0.1) is 6.10 Å². The molecule has 0 aliphatic carbocycles. The molecule has 0 aromatic rings. The largest absolute Gasteiger partial charge is 0.381 e. The molecule has 0 aromatic heterocycles. The summed E-state index contributed by atoms with van der Waals surface area (Å²) in [5.41, 5.74) is 0.460. The molecule has 0 unspecified atom stereocenters. The molecule has 122 valence electrons. The lowest BCUT2D eigenvalue weighted by atomic mass is 9.89. The zero-order valence-electron chi connectivity index (χ0n) is 15.0. The van der Waals surface area contributed by atoms with Crippen LogP contribution in [0.5, 0.6) is 0 Å². The molecule has 0 bridgehead atoms. The Balaban J connectivity index is 3.59. The summed E-state index contributed by atoms with van der Waals surface area (Å²) in [5.74, 6) is 0. The van der Waals surface area contributed by atoms with Crippen LogP contribution in [0, 0.1) is 5.41 Å². The molecule has 0 aliphatic heterocycles. The second-order valence-corrected chi connectivity index (χ2v) is 7.19. The van der Waals surface area contributed by atoms with Gasteiger partial charge < -0.3 is 9.64 Å². The van der Waals surface area contributed by atoms with E-state index in [4.69, 9.17) is 4.74 Å². The van der Waals surface area contributed by atoms with Crippen LogP contribution in [-0.4, -0.2) is 37.7 Å². The Bertz CT molecular complexity index is 206. The van der Waals surface area contributed by atoms with Crippen molar-refractivity contribution in [2.24, 2.45) is 5.41 Å². The zero-order valence-corrected chi connectivity index (χ0v) is 15.0. The van der Waals surface area contributed by atoms with E-state index < -0.39 is 0 Å². The highest BCUT2D eigenvalue weighted by Gasteiger charge is 2.12. The fraction of sp³-hybridized carbons (Fsp3) is 1.00. The normalized spacial score (nSPS) is 13.9. The summed E-state index contributed by atoms with van der Waals surface area (Å²) in [6.07, 6.45) is 9.52. The van der Waals surface area contributed by atoms with Gasteiger partial charge in [-0.2, -0.15) is 0 Å². The number of rotatable bonds is 12. The number of nitrogens with zero attached hydrogens (tertiary/aromatic N) is 1. The molecular formula is C18H39NO. The number of unbranched alkanes of at least 4 members (excludes halogenated alkanes) is 2. The van der Waals surface area contributed by atoms with Gasteiger partial charge in [-0.3, -0.25) is 0 Å². The highest BCUT2D eigenvalue weighted by atomic mass is 16.5. The van der Waals surface area contributed by atoms with Crippen LogP contribution in [0.3, 0.4) is 0 Å². The Kier molecular flexibility index (Phi) is 11.5. The second-order valence-electron chi connectivity index (χ2n) is 7.19. The third-order valence-electron chi connectivity index (χ3n) is 4.18. The fourth-order valence-corrected chi connectivity index (χ4v) is 2.66. The van der Waals surface area contributed by atoms with E-state index in [0.717, 1.165) is 0 Å². The van der Waals surface area contributed by atoms with Crippen LogP contribution in [0.1, 0.15) is 79.6 Å². The maximum absolute atomic E-state index is 5.62. The molecule has 0 saturated carbocycles. The van der Waals surface area contributed by atoms with Crippen LogP contribution in [0.4, 0.5) is 0 Å². The summed E-state index contributed by atoms with van der Waals surface area (Å²) < 4.78 is 5.62. The summed E-state index contributed by atoms with van der Waals surface area (Å²) in [7, 11) is 1.87. The second kappa shape index (κ2) is 11.6. The molecule has 0 amide bonds. The van der Waals surface area contributed by atoms with Gasteiger partial charge in [-0.25, -0.2) is 0 Å². The summed E-state index contributed by atoms with van der Waals surface area (Å²) in [5, 5.41) is 0. The van der Waals surface area contributed by atoms with Gasteiger partial charge in [0.25, 0.3) is 0 Å². The maximum Gasteiger partial charge on any atom is 0.0571 e. The molecule has 20 heavy (non-hydrogen) atoms. The highest BCUT2D eigenvalue weighted by molar-refractivity contribution is 4.65. The Morgan fingerprint density at radius 2 is 1.50 bits per heavy atom. The van der Waals surface area contributed by atoms with Gasteiger partial charge in [-0.1, -0.05) is 53.9 Å². The molecule has 0 saturated heterocycles. The first-order valence-electron chi connectivity index (χ1n) is 8.68. The predicted octanol–water partition coefficient (Wildman–Crippen LogP) is 5.12. The quantitative estimate of drug-likeness (QED) is 0.461. The maximum atomic E-state index is 5.62. The van der Waals surface area contributed by atoms with Crippen molar-refractivity contribution >= 4 is 0 Å². The average Bonchev–Trinajstić information content (AvgIpc) is 2.39. The molecule has 2 heteroatoms. The van der Waals surface area contributed by atoms with Gasteiger partial charge in [-0.15, -0.1) is 0 Å². The Morgan fingerprint density at radius 3 is 2.00 bits per heavy atom. The molecule has 0 spiro atoms. The van der Waals surface area contributed by atoms with E-state index in [-0.39, 0.29) is 0 Å². The number of hydrogen-bond acceptors (Lipinski definition) is 2. The highest BCUT2D eigenvalue weighted by Crippen LogP contribution is 2.23. The summed E-state index contributed by atoms with van der Waals surface area (Å²) in [6, 6.07) is 0. The molecule has 2 nitrogen and oxygen atoms in total. The van der Waals surface area contributed by atoms with Crippen LogP contribution in [0.25, 0.3) is 0 Å². The third-order valence-corrected chi connectivity index (χ3v) is 4.18. The van der Waals surface area contributed by atoms with Crippen molar-refractivity contribution in [3.8, 4) is 0 Å². The van der Waals surface area contributed by atoms with Crippen LogP contribution >= 0.6 is 0 Å². The van der Waals surface area contributed by atoms with Gasteiger partial charge in [0.2, 0.25) is 0 Å². The van der Waals surface area contributed by atoms with Gasteiger partial charge >= 0.3 is 0 Å². The number of ether oxygens (including phenoxy) is 1. The van der Waals surface area contributed by atoms with Crippen molar-refractivity contribution in [1.29, 1.82) is 0 Å². The SMILES string of the molecule is CCN(CC)CCCCC[C@@H](CCCC(C)(C)C)OC. The van der Waals surface area contributed by atoms with Gasteiger partial charge in [0.15, 0.2) is 0 Å². The van der Waals surface area contributed by atoms with Crippen molar-refractivity contribution in [2.75, 3.05) is 26.7 Å². The van der Waals surface area contributed by atoms with Crippen molar-refractivity contribution in [2.45, 2.75) is 85.7 Å². The van der Waals surface area contributed by atoms with E-state index in [9.17, 15) is 0 Å². The molecular weight excluding hydrogens is 246 g/mol. The monoisotopic (exact) mass is 285 g/mol. The van der Waals surface area contributed by atoms with Crippen LogP contribution in [0.2, 0.25) is 0 Å². The minimum absolute atomic E-state index is 0.460. The van der Waals surface area contributed by atoms with E-state index in [1.807, 2.05) is 7.11 Å². The van der Waals surface area contributed by atoms with Crippen LogP contribution in [0.15, 0.2) is 0 Å². The van der Waals surface area contributed by atoms with E-state index in [2.05, 4.69) is 39.5 Å². The summed E-state index contributed by atoms with van der Waals surface area (Å²) in [6.45, 7) is 15.1. The van der Waals surface area contributed by atoms with Gasteiger partial charge in [-0.05, 0) is 50.7 Å². The summed E-state index contributed by atoms with van der Waals surface area (Å²) in [4.78, 5) is 2.51. The van der Waals surface area contributed by atoms with Gasteiger partial charge in [0, 0.05) is 7.11 Å². The average molecular weight is 286 g/mol. The van der Waals surface area contributed by atoms with E-state index in [0.29, 0.717) is 11.5 Å². The molecule has 0 aliphatic rings. The standard InChI is InChI=1S/C18H39NO/c1-7-19(8-2)16-11-9-10-13-17(20-6)14-12-15-18(3,4)5/h17H,7-16H2,1-6H3/t17-/m0/s1. The first-order valence-corrected chi connectivity index (χ1v) is 8.68. The molecule has 0 radical (unpaired) electrons. The third kappa shape index (κ3) is 11.7. The molecule has 1 atom stereocenters. The Hall–Kier alpha value is -0.0800. The predicted molar refractivity (Wildman–Crippen MR) is 90.4 cm³/mol. The lowest BCUT2D eigenvalue weighted by Gasteiger charge is -2.21. The van der Waals surface area contributed by atoms with Crippen molar-refractivity contribution in [3.63, 3.8) is 0 Å². The van der Waals surface area contributed by atoms with Crippen molar-refractivity contribution < 1.29 is 4.74 Å². The van der Waals surface area contributed by atoms with Crippen molar-refractivity contribution in [1.82, 2.24) is 4.90 Å². The molecule has 0 heterocycles. The smallest absolute Gasteiger partial charge is 0.0571 e. The zero-order chi connectivity index (χ0) is 15.4. The van der Waals surface area contributed by atoms with E-state index in [1.165, 1.54) is 64.6 Å². The van der Waals surface area contributed by atoms with E-state index in [1.54, 1.807) is 0 Å². The first-order chi connectivity index (χ1) is 9.42. The lowest BCUT2D eigenvalue weighted by Crippen LogP contribution is -2.23. The fourth-order valence-electron chi connectivity index (χ4n) is 2.66. The number of hydrogen-bond donors (Lipinski definition) is 0. The minimum atomic E-state index is 0.460. The van der Waals surface area contributed by atoms with E-state index >= 15 is 0 Å². The number of methoxy groups -OCH3 is 1. The molecule has 0 aromatic carbocycles. The molecule has 0 rings (SSSR count). The summed E-state index contributed by atoms with van der Waals surface area (Å²) >= 11 is 0. The molecule has 0 fully saturated rings. The van der Waals surface area contributed by atoms with Crippen molar-refractivity contribution in [3.05, 3.63) is 0 Å². The Labute approximate surface area is 128 Å². The minimum Gasteiger partial charge on any atom is -0.381 e. The van der Waals surface area contributed by atoms with Crippen LogP contribution < -0.4 is 0 Å². The lowest BCUT2D eigenvalue weighted by molar-refractivity contribution is 0.0807. The molecule has 0 N–H and O–H groups in total. The van der Waals surface area contributed by atoms with Gasteiger partial charge in [0.1, 0.15) is 0 Å².